The quantitative estimate of drug-likeness (QED) is 0.152. The van der Waals surface area contributed by atoms with Crippen LogP contribution in [0.4, 0.5) is 0 Å². The summed E-state index contributed by atoms with van der Waals surface area (Å²) in [5.41, 5.74) is 6.00. The van der Waals surface area contributed by atoms with Gasteiger partial charge in [0.05, 0.1) is 48.8 Å². The molecule has 0 aromatic rings. The summed E-state index contributed by atoms with van der Waals surface area (Å²) in [5, 5.41) is 64.2. The van der Waals surface area contributed by atoms with Crippen LogP contribution < -0.4 is 5.73 Å². The monoisotopic (exact) mass is 707 g/mol. The van der Waals surface area contributed by atoms with Crippen LogP contribution in [0.15, 0.2) is 60.8 Å². The number of carbonyl (C=O) groups is 2. The first-order valence-electron chi connectivity index (χ1n) is 17.4. The number of hydrogen-bond donors (Lipinski definition) is 7. The van der Waals surface area contributed by atoms with Gasteiger partial charge >= 0.3 is 11.9 Å². The molecule has 0 saturated carbocycles. The van der Waals surface area contributed by atoms with Crippen LogP contribution in [0.2, 0.25) is 0 Å². The molecule has 50 heavy (non-hydrogen) atoms. The van der Waals surface area contributed by atoms with Gasteiger partial charge in [-0.25, -0.2) is 4.79 Å². The van der Waals surface area contributed by atoms with E-state index in [1.165, 1.54) is 6.08 Å². The first kappa shape index (κ1) is 40.0. The van der Waals surface area contributed by atoms with E-state index in [2.05, 4.69) is 6.92 Å². The number of aliphatic carboxylic acids is 1. The highest BCUT2D eigenvalue weighted by Crippen LogP contribution is 2.39. The molecule has 280 valence electrons. The largest absolute Gasteiger partial charge is 0.481 e. The lowest BCUT2D eigenvalue weighted by atomic mass is 9.83. The van der Waals surface area contributed by atoms with Crippen molar-refractivity contribution in [1.82, 2.24) is 0 Å². The second-order valence-corrected chi connectivity index (χ2v) is 13.5. The third kappa shape index (κ3) is 11.6. The molecule has 14 nitrogen and oxygen atoms in total. The zero-order valence-corrected chi connectivity index (χ0v) is 28.6. The molecule has 14 atom stereocenters. The summed E-state index contributed by atoms with van der Waals surface area (Å²) in [6.07, 6.45) is 8.24. The zero-order chi connectivity index (χ0) is 36.4. The molecule has 0 spiro atoms. The number of cyclic esters (lactones) is 1. The van der Waals surface area contributed by atoms with Crippen molar-refractivity contribution in [1.29, 1.82) is 0 Å². The number of esters is 1. The fourth-order valence-corrected chi connectivity index (χ4v) is 6.54. The Morgan fingerprint density at radius 2 is 1.70 bits per heavy atom. The minimum absolute atomic E-state index is 0.0816. The Kier molecular flexibility index (Phi) is 14.9. The van der Waals surface area contributed by atoms with Crippen LogP contribution in [0.3, 0.4) is 0 Å². The SMILES string of the molecule is CCCCC1C/C=C/C=C\C=C\C=C\C(O[C@@H]2O[C@H](C)[C@@H](O)[C@H](N)[C@@H]2O)CC2OC(O)(CC(O)CC3OC3/C=C/C(=O)O1)CC(O)C2C(=O)O. The normalized spacial score (nSPS) is 45.1. The first-order valence-corrected chi connectivity index (χ1v) is 17.4. The van der Waals surface area contributed by atoms with E-state index in [1.807, 2.05) is 18.2 Å². The molecule has 14 heteroatoms. The zero-order valence-electron chi connectivity index (χ0n) is 28.6. The van der Waals surface area contributed by atoms with Gasteiger partial charge in [0, 0.05) is 38.2 Å². The van der Waals surface area contributed by atoms with Crippen LogP contribution >= 0.6 is 0 Å². The fraction of sp³-hybridized carbons (Fsp3) is 0.667. The van der Waals surface area contributed by atoms with Gasteiger partial charge in [0.2, 0.25) is 0 Å². The van der Waals surface area contributed by atoms with Crippen LogP contribution in [-0.2, 0) is 33.3 Å². The first-order chi connectivity index (χ1) is 23.8. The molecule has 0 aromatic carbocycles. The summed E-state index contributed by atoms with van der Waals surface area (Å²) in [5.74, 6) is -5.41. The van der Waals surface area contributed by atoms with Gasteiger partial charge in [-0.05, 0) is 19.4 Å². The van der Waals surface area contributed by atoms with E-state index in [0.717, 1.165) is 19.3 Å². The minimum Gasteiger partial charge on any atom is -0.481 e. The lowest BCUT2D eigenvalue weighted by Crippen LogP contribution is -2.61. The number of aliphatic hydroxyl groups excluding tert-OH is 4. The summed E-state index contributed by atoms with van der Waals surface area (Å²) >= 11 is 0. The van der Waals surface area contributed by atoms with Gasteiger partial charge in [-0.3, -0.25) is 4.79 Å². The van der Waals surface area contributed by atoms with Gasteiger partial charge in [-0.15, -0.1) is 0 Å². The summed E-state index contributed by atoms with van der Waals surface area (Å²) in [6.45, 7) is 3.64. The second kappa shape index (κ2) is 18.6. The van der Waals surface area contributed by atoms with Crippen molar-refractivity contribution in [3.63, 3.8) is 0 Å². The summed E-state index contributed by atoms with van der Waals surface area (Å²) in [7, 11) is 0. The standard InChI is InChI=1S/C36H53NO13/c1-3-4-12-23-13-10-8-6-5-7-9-11-14-24(48-35-33(42)31(37)32(41)21(2)46-35)18-28-30(34(43)44)25(39)20-36(45,50-28)19-22(38)17-27-26(49-27)15-16-29(40)47-23/h5-11,14-16,21-28,30-33,35,38-39,41-42,45H,3-4,12-13,17-20,37H2,1-2H3,(H,43,44)/b6-5-,9-7+,10-8+,14-11+,16-15+/t21-,22?,23?,24?,25?,26?,27?,28?,30?,31+,32-,33+,35+,36?/m1/s1. The predicted octanol–water partition coefficient (Wildman–Crippen LogP) is 1.29. The number of hydrogen-bond acceptors (Lipinski definition) is 13. The highest BCUT2D eigenvalue weighted by atomic mass is 16.7. The van der Waals surface area contributed by atoms with E-state index < -0.39 is 97.3 Å². The van der Waals surface area contributed by atoms with Gasteiger partial charge < -0.3 is 60.1 Å². The molecule has 2 bridgehead atoms. The van der Waals surface area contributed by atoms with Crippen molar-refractivity contribution >= 4 is 11.9 Å². The number of unbranched alkanes of at least 4 members (excludes halogenated alkanes) is 1. The van der Waals surface area contributed by atoms with E-state index in [0.29, 0.717) is 6.42 Å². The van der Waals surface area contributed by atoms with E-state index in [1.54, 1.807) is 43.4 Å². The Labute approximate surface area is 292 Å². The van der Waals surface area contributed by atoms with Gasteiger partial charge in [0.25, 0.3) is 0 Å². The maximum absolute atomic E-state index is 12.5. The number of nitrogens with two attached hydrogens (primary N) is 1. The van der Waals surface area contributed by atoms with Crippen LogP contribution in [-0.4, -0.2) is 122 Å². The number of epoxide rings is 1. The van der Waals surface area contributed by atoms with Gasteiger partial charge in [0.15, 0.2) is 12.1 Å². The maximum atomic E-state index is 12.5. The maximum Gasteiger partial charge on any atom is 0.330 e. The Morgan fingerprint density at radius 1 is 0.980 bits per heavy atom. The minimum atomic E-state index is -2.10. The van der Waals surface area contributed by atoms with E-state index in [9.17, 15) is 40.2 Å². The van der Waals surface area contributed by atoms with Crippen molar-refractivity contribution in [3.05, 3.63) is 60.8 Å². The molecule has 0 aliphatic carbocycles. The van der Waals surface area contributed by atoms with Crippen LogP contribution in [0, 0.1) is 5.92 Å². The lowest BCUT2D eigenvalue weighted by Gasteiger charge is -2.45. The fourth-order valence-electron chi connectivity index (χ4n) is 6.54. The van der Waals surface area contributed by atoms with Gasteiger partial charge in [0.1, 0.15) is 24.2 Å². The lowest BCUT2D eigenvalue weighted by molar-refractivity contribution is -0.308. The van der Waals surface area contributed by atoms with E-state index in [4.69, 9.17) is 29.4 Å². The van der Waals surface area contributed by atoms with Crippen molar-refractivity contribution < 1.29 is 63.9 Å². The number of carboxylic acid groups (broad SMARTS) is 1. The molecule has 0 aromatic heterocycles. The third-order valence-corrected chi connectivity index (χ3v) is 9.35. The van der Waals surface area contributed by atoms with Crippen LogP contribution in [0.25, 0.3) is 0 Å². The molecule has 4 aliphatic rings. The number of allylic oxidation sites excluding steroid dienone is 6. The third-order valence-electron chi connectivity index (χ3n) is 9.35. The van der Waals surface area contributed by atoms with Crippen molar-refractivity contribution in [3.8, 4) is 0 Å². The number of carboxylic acids is 1. The summed E-state index contributed by atoms with van der Waals surface area (Å²) in [4.78, 5) is 24.8. The molecular formula is C36H53NO13. The molecule has 8 N–H and O–H groups in total. The molecule has 3 saturated heterocycles. The Balaban J connectivity index is 1.58. The van der Waals surface area contributed by atoms with Crippen molar-refractivity contribution in [2.75, 3.05) is 0 Å². The van der Waals surface area contributed by atoms with E-state index in [-0.39, 0.29) is 25.4 Å². The Bertz CT molecular complexity index is 1270. The highest BCUT2D eigenvalue weighted by molar-refractivity contribution is 5.82. The average molecular weight is 708 g/mol. The number of aliphatic hydroxyl groups is 5. The molecule has 9 unspecified atom stereocenters. The molecule has 0 amide bonds. The van der Waals surface area contributed by atoms with Gasteiger partial charge in [-0.1, -0.05) is 68.4 Å². The number of fused-ring (bicyclic) bond motifs is 3. The predicted molar refractivity (Wildman–Crippen MR) is 179 cm³/mol. The Morgan fingerprint density at radius 3 is 2.42 bits per heavy atom. The molecule has 3 fully saturated rings. The second-order valence-electron chi connectivity index (χ2n) is 13.5. The van der Waals surface area contributed by atoms with Crippen molar-refractivity contribution in [2.24, 2.45) is 11.7 Å². The molecular weight excluding hydrogens is 654 g/mol. The number of ether oxygens (including phenoxy) is 5. The highest BCUT2D eigenvalue weighted by Gasteiger charge is 2.51. The van der Waals surface area contributed by atoms with Crippen LogP contribution in [0.1, 0.15) is 65.2 Å². The smallest absolute Gasteiger partial charge is 0.330 e. The topological polar surface area (TPSA) is 231 Å². The van der Waals surface area contributed by atoms with E-state index >= 15 is 0 Å². The number of rotatable bonds is 6. The van der Waals surface area contributed by atoms with Crippen LogP contribution in [0.5, 0.6) is 0 Å². The average Bonchev–Trinajstić information content (AvgIpc) is 3.78. The molecule has 0 radical (unpaired) electrons. The van der Waals surface area contributed by atoms with Crippen molar-refractivity contribution in [2.45, 2.75) is 144 Å². The number of carbonyl (C=O) groups excluding carboxylic acids is 1. The summed E-state index contributed by atoms with van der Waals surface area (Å²) < 4.78 is 29.0. The molecule has 4 aliphatic heterocycles. The molecule has 4 heterocycles. The summed E-state index contributed by atoms with van der Waals surface area (Å²) in [6, 6.07) is -1.08. The van der Waals surface area contributed by atoms with Gasteiger partial charge in [-0.2, -0.15) is 0 Å². The Hall–Kier alpha value is -2.76. The molecule has 4 rings (SSSR count).